The number of carbonyl (C=O) groups excluding carboxylic acids is 1. The van der Waals surface area contributed by atoms with Crippen molar-refractivity contribution in [3.63, 3.8) is 0 Å². The van der Waals surface area contributed by atoms with Gasteiger partial charge in [-0.15, -0.1) is 0 Å². The van der Waals surface area contributed by atoms with Crippen molar-refractivity contribution in [2.75, 3.05) is 6.61 Å². The van der Waals surface area contributed by atoms with Crippen LogP contribution in [0.1, 0.15) is 11.3 Å². The Balaban J connectivity index is 1.59. The summed E-state index contributed by atoms with van der Waals surface area (Å²) in [5, 5.41) is 4.03. The molecule has 24 heavy (non-hydrogen) atoms. The molecule has 0 N–H and O–H groups in total. The van der Waals surface area contributed by atoms with Crippen LogP contribution in [0.2, 0.25) is 0 Å². The fourth-order valence-corrected chi connectivity index (χ4v) is 2.24. The number of nitrogens with zero attached hydrogens (tertiary/aromatic N) is 1. The van der Waals surface area contributed by atoms with Crippen molar-refractivity contribution in [3.05, 3.63) is 72.0 Å². The quantitative estimate of drug-likeness (QED) is 0.468. The minimum atomic E-state index is 0.282. The third-order valence-corrected chi connectivity index (χ3v) is 3.49. The Bertz CT molecular complexity index is 766. The lowest BCUT2D eigenvalue weighted by molar-refractivity contribution is -0.128. The highest BCUT2D eigenvalue weighted by Gasteiger charge is 2.07. The van der Waals surface area contributed by atoms with E-state index in [1.807, 2.05) is 60.7 Å². The second-order valence-electron chi connectivity index (χ2n) is 5.19. The molecule has 122 valence electrons. The number of benzene rings is 2. The molecular weight excluding hydrogens is 306 g/mol. The molecule has 0 saturated heterocycles. The van der Waals surface area contributed by atoms with E-state index >= 15 is 0 Å². The molecule has 5 nitrogen and oxygen atoms in total. The molecule has 3 aromatic rings. The third-order valence-electron chi connectivity index (χ3n) is 3.49. The van der Waals surface area contributed by atoms with Crippen molar-refractivity contribution in [2.45, 2.75) is 13.0 Å². The predicted octanol–water partition coefficient (Wildman–Crippen LogP) is 3.64. The molecule has 0 radical (unpaired) electrons. The maximum absolute atomic E-state index is 10.1. The van der Waals surface area contributed by atoms with Crippen LogP contribution in [0, 0.1) is 0 Å². The van der Waals surface area contributed by atoms with Gasteiger partial charge in [0, 0.05) is 18.1 Å². The van der Waals surface area contributed by atoms with Gasteiger partial charge in [-0.1, -0.05) is 35.5 Å². The van der Waals surface area contributed by atoms with Gasteiger partial charge in [0.2, 0.25) is 0 Å². The molecule has 0 saturated carbocycles. The number of carbonyl (C=O) groups is 1. The first-order valence-corrected chi connectivity index (χ1v) is 7.63. The van der Waals surface area contributed by atoms with Gasteiger partial charge in [0.15, 0.2) is 0 Å². The summed E-state index contributed by atoms with van der Waals surface area (Å²) < 4.78 is 15.6. The zero-order valence-corrected chi connectivity index (χ0v) is 13.1. The molecule has 2 aromatic carbocycles. The van der Waals surface area contributed by atoms with E-state index in [0.29, 0.717) is 25.3 Å². The number of hydrogen-bond acceptors (Lipinski definition) is 5. The Labute approximate surface area is 139 Å². The standard InChI is InChI=1S/C19H17NO4/c21-14-22-11-10-18-12-19(20-24-18)16-6-8-17(9-7-16)23-13-15-4-2-1-3-5-15/h1-9,12,14H,10-11,13H2. The smallest absolute Gasteiger partial charge is 0.293 e. The van der Waals surface area contributed by atoms with Crippen LogP contribution in [0.4, 0.5) is 0 Å². The fourth-order valence-electron chi connectivity index (χ4n) is 2.24. The fraction of sp³-hybridized carbons (Fsp3) is 0.158. The van der Waals surface area contributed by atoms with Crippen LogP contribution in [-0.4, -0.2) is 18.2 Å². The van der Waals surface area contributed by atoms with Crippen molar-refractivity contribution >= 4 is 6.47 Å². The summed E-state index contributed by atoms with van der Waals surface area (Å²) in [6.45, 7) is 1.24. The first-order valence-electron chi connectivity index (χ1n) is 7.63. The minimum absolute atomic E-state index is 0.282. The van der Waals surface area contributed by atoms with Crippen molar-refractivity contribution in [1.82, 2.24) is 5.16 Å². The summed E-state index contributed by atoms with van der Waals surface area (Å²) in [5.74, 6) is 1.47. The molecule has 1 heterocycles. The first kappa shape index (κ1) is 15.8. The van der Waals surface area contributed by atoms with Gasteiger partial charge in [0.05, 0.1) is 6.61 Å². The summed E-state index contributed by atoms with van der Waals surface area (Å²) in [6.07, 6.45) is 0.504. The van der Waals surface area contributed by atoms with Gasteiger partial charge in [-0.2, -0.15) is 0 Å². The van der Waals surface area contributed by atoms with E-state index in [1.165, 1.54) is 0 Å². The largest absolute Gasteiger partial charge is 0.489 e. The van der Waals surface area contributed by atoms with Gasteiger partial charge in [0.1, 0.15) is 23.8 Å². The van der Waals surface area contributed by atoms with Gasteiger partial charge in [-0.25, -0.2) is 0 Å². The molecule has 1 aromatic heterocycles. The van der Waals surface area contributed by atoms with Crippen LogP contribution >= 0.6 is 0 Å². The highest BCUT2D eigenvalue weighted by Crippen LogP contribution is 2.23. The normalized spacial score (nSPS) is 10.3. The summed E-state index contributed by atoms with van der Waals surface area (Å²) in [7, 11) is 0. The van der Waals surface area contributed by atoms with Gasteiger partial charge < -0.3 is 14.0 Å². The Kier molecular flexibility index (Phi) is 5.24. The van der Waals surface area contributed by atoms with Crippen molar-refractivity contribution in [2.24, 2.45) is 0 Å². The molecule has 0 bridgehead atoms. The molecular formula is C19H17NO4. The molecule has 3 rings (SSSR count). The molecule has 5 heteroatoms. The molecule has 0 atom stereocenters. The summed E-state index contributed by atoms with van der Waals surface area (Å²) in [4.78, 5) is 10.1. The van der Waals surface area contributed by atoms with Crippen LogP contribution in [0.5, 0.6) is 5.75 Å². The van der Waals surface area contributed by atoms with E-state index in [-0.39, 0.29) is 6.61 Å². The number of ether oxygens (including phenoxy) is 2. The maximum atomic E-state index is 10.1. The van der Waals surface area contributed by atoms with Crippen LogP contribution < -0.4 is 4.74 Å². The lowest BCUT2D eigenvalue weighted by Gasteiger charge is -2.06. The number of hydrogen-bond donors (Lipinski definition) is 0. The molecule has 0 unspecified atom stereocenters. The molecule has 0 amide bonds. The molecule has 0 aliphatic carbocycles. The average molecular weight is 323 g/mol. The molecule has 0 aliphatic heterocycles. The van der Waals surface area contributed by atoms with E-state index in [4.69, 9.17) is 9.26 Å². The van der Waals surface area contributed by atoms with Crippen LogP contribution in [-0.2, 0) is 22.6 Å². The van der Waals surface area contributed by atoms with Crippen LogP contribution in [0.15, 0.2) is 65.2 Å². The zero-order valence-electron chi connectivity index (χ0n) is 13.1. The Hall–Kier alpha value is -3.08. The van der Waals surface area contributed by atoms with E-state index in [9.17, 15) is 4.79 Å². The average Bonchev–Trinajstić information content (AvgIpc) is 3.10. The second-order valence-corrected chi connectivity index (χ2v) is 5.19. The highest BCUT2D eigenvalue weighted by molar-refractivity contribution is 5.59. The lowest BCUT2D eigenvalue weighted by Crippen LogP contribution is -1.95. The van der Waals surface area contributed by atoms with Gasteiger partial charge in [-0.05, 0) is 29.8 Å². The summed E-state index contributed by atoms with van der Waals surface area (Å²) in [6, 6.07) is 19.5. The second kappa shape index (κ2) is 7.97. The van der Waals surface area contributed by atoms with E-state index in [1.54, 1.807) is 0 Å². The van der Waals surface area contributed by atoms with Crippen molar-refractivity contribution in [3.8, 4) is 17.0 Å². The minimum Gasteiger partial charge on any atom is -0.489 e. The van der Waals surface area contributed by atoms with Crippen molar-refractivity contribution < 1.29 is 18.8 Å². The number of rotatable bonds is 8. The zero-order chi connectivity index (χ0) is 16.6. The van der Waals surface area contributed by atoms with E-state index < -0.39 is 0 Å². The predicted molar refractivity (Wildman–Crippen MR) is 88.4 cm³/mol. The highest BCUT2D eigenvalue weighted by atomic mass is 16.5. The van der Waals surface area contributed by atoms with Crippen LogP contribution in [0.25, 0.3) is 11.3 Å². The first-order chi connectivity index (χ1) is 11.8. The summed E-state index contributed by atoms with van der Waals surface area (Å²) >= 11 is 0. The van der Waals surface area contributed by atoms with Gasteiger partial charge >= 0.3 is 0 Å². The molecule has 0 fully saturated rings. The lowest BCUT2D eigenvalue weighted by atomic mass is 10.1. The maximum Gasteiger partial charge on any atom is 0.293 e. The third kappa shape index (κ3) is 4.23. The molecule has 0 aliphatic rings. The van der Waals surface area contributed by atoms with Gasteiger partial charge in [0.25, 0.3) is 6.47 Å². The number of aromatic nitrogens is 1. The summed E-state index contributed by atoms with van der Waals surface area (Å²) in [5.41, 5.74) is 2.80. The molecule has 0 spiro atoms. The van der Waals surface area contributed by atoms with Crippen LogP contribution in [0.3, 0.4) is 0 Å². The van der Waals surface area contributed by atoms with E-state index in [2.05, 4.69) is 9.89 Å². The Morgan fingerprint density at radius 2 is 1.83 bits per heavy atom. The Morgan fingerprint density at radius 1 is 1.04 bits per heavy atom. The van der Waals surface area contributed by atoms with Crippen molar-refractivity contribution in [1.29, 1.82) is 0 Å². The van der Waals surface area contributed by atoms with E-state index in [0.717, 1.165) is 22.6 Å². The van der Waals surface area contributed by atoms with Gasteiger partial charge in [-0.3, -0.25) is 4.79 Å². The topological polar surface area (TPSA) is 61.6 Å². The monoisotopic (exact) mass is 323 g/mol. The Morgan fingerprint density at radius 3 is 2.58 bits per heavy atom. The SMILES string of the molecule is O=COCCc1cc(-c2ccc(OCc3ccccc3)cc2)no1.